The van der Waals surface area contributed by atoms with Crippen LogP contribution in [-0.2, 0) is 24.1 Å². The highest BCUT2D eigenvalue weighted by Crippen LogP contribution is 2.20. The summed E-state index contributed by atoms with van der Waals surface area (Å²) in [6.45, 7) is 1.64. The summed E-state index contributed by atoms with van der Waals surface area (Å²) in [5.74, 6) is -0.0109. The van der Waals surface area contributed by atoms with E-state index in [9.17, 15) is 9.59 Å². The molecule has 1 saturated carbocycles. The molecular formula is C18H28N4O2. The minimum absolute atomic E-state index is 0.0109. The maximum atomic E-state index is 12.1. The summed E-state index contributed by atoms with van der Waals surface area (Å²) >= 11 is 0. The lowest BCUT2D eigenvalue weighted by atomic mass is 9.91. The van der Waals surface area contributed by atoms with Gasteiger partial charge in [-0.25, -0.2) is 5.10 Å². The summed E-state index contributed by atoms with van der Waals surface area (Å²) in [4.78, 5) is 24.0. The van der Waals surface area contributed by atoms with Crippen LogP contribution in [0.4, 0.5) is 0 Å². The number of hydrogen-bond acceptors (Lipinski definition) is 4. The van der Waals surface area contributed by atoms with Gasteiger partial charge >= 0.3 is 0 Å². The second-order valence-corrected chi connectivity index (χ2v) is 6.98. The highest BCUT2D eigenvalue weighted by Gasteiger charge is 2.19. The van der Waals surface area contributed by atoms with Crippen LogP contribution in [0.25, 0.3) is 0 Å². The van der Waals surface area contributed by atoms with E-state index in [1.54, 1.807) is 0 Å². The van der Waals surface area contributed by atoms with Crippen LogP contribution in [0.3, 0.4) is 0 Å². The number of carbonyl (C=O) groups is 1. The Balaban J connectivity index is 1.42. The molecule has 0 radical (unpaired) electrons. The van der Waals surface area contributed by atoms with Crippen LogP contribution in [0.5, 0.6) is 0 Å². The smallest absolute Gasteiger partial charge is 0.267 e. The van der Waals surface area contributed by atoms with Crippen LogP contribution in [0.2, 0.25) is 0 Å². The van der Waals surface area contributed by atoms with E-state index in [1.807, 2.05) is 0 Å². The Hall–Kier alpha value is -1.69. The van der Waals surface area contributed by atoms with Crippen molar-refractivity contribution in [3.05, 3.63) is 27.2 Å². The quantitative estimate of drug-likeness (QED) is 0.656. The minimum Gasteiger partial charge on any atom is -0.356 e. The lowest BCUT2D eigenvalue weighted by Gasteiger charge is -2.17. The number of carbonyl (C=O) groups excluding carboxylic acids is 1. The molecule has 132 valence electrons. The maximum Gasteiger partial charge on any atom is 0.267 e. The maximum absolute atomic E-state index is 12.1. The molecule has 1 heterocycles. The van der Waals surface area contributed by atoms with Crippen LogP contribution in [0.1, 0.15) is 61.8 Å². The lowest BCUT2D eigenvalue weighted by Crippen LogP contribution is -2.32. The van der Waals surface area contributed by atoms with Gasteiger partial charge in [0.1, 0.15) is 0 Å². The van der Waals surface area contributed by atoms with Crippen LogP contribution < -0.4 is 16.2 Å². The first-order chi connectivity index (χ1) is 11.7. The number of aromatic nitrogens is 2. The molecule has 0 spiro atoms. The Morgan fingerprint density at radius 1 is 1.08 bits per heavy atom. The molecule has 0 aliphatic heterocycles. The number of hydrogen-bond donors (Lipinski definition) is 3. The topological polar surface area (TPSA) is 86.9 Å². The second kappa shape index (κ2) is 8.42. The van der Waals surface area contributed by atoms with Crippen molar-refractivity contribution in [1.82, 2.24) is 20.8 Å². The van der Waals surface area contributed by atoms with Gasteiger partial charge in [-0.15, -0.1) is 0 Å². The molecular weight excluding hydrogens is 304 g/mol. The molecule has 1 fully saturated rings. The van der Waals surface area contributed by atoms with E-state index in [2.05, 4.69) is 20.8 Å². The van der Waals surface area contributed by atoms with Crippen molar-refractivity contribution in [2.75, 3.05) is 13.1 Å². The third-order valence-corrected chi connectivity index (χ3v) is 5.17. The SMILES string of the molecule is O=C(Cc1n[nH]c(=O)c2c1CCCC2)NCCCNC1CCCC1. The van der Waals surface area contributed by atoms with Gasteiger partial charge in [-0.2, -0.15) is 5.10 Å². The first-order valence-corrected chi connectivity index (χ1v) is 9.33. The molecule has 0 saturated heterocycles. The fraction of sp³-hybridized carbons (Fsp3) is 0.722. The molecule has 6 heteroatoms. The van der Waals surface area contributed by atoms with Gasteiger partial charge in [-0.3, -0.25) is 9.59 Å². The summed E-state index contributed by atoms with van der Waals surface area (Å²) in [6.07, 6.45) is 10.2. The van der Waals surface area contributed by atoms with E-state index in [0.29, 0.717) is 12.6 Å². The third-order valence-electron chi connectivity index (χ3n) is 5.17. The van der Waals surface area contributed by atoms with Crippen LogP contribution >= 0.6 is 0 Å². The molecule has 2 aliphatic carbocycles. The number of aromatic amines is 1. The van der Waals surface area contributed by atoms with Gasteiger partial charge in [-0.05, 0) is 57.1 Å². The van der Waals surface area contributed by atoms with Crippen molar-refractivity contribution in [2.45, 2.75) is 70.3 Å². The molecule has 1 amide bonds. The summed E-state index contributed by atoms with van der Waals surface area (Å²) in [7, 11) is 0. The predicted octanol–water partition coefficient (Wildman–Crippen LogP) is 1.23. The minimum atomic E-state index is -0.0909. The van der Waals surface area contributed by atoms with Crippen molar-refractivity contribution in [1.29, 1.82) is 0 Å². The number of H-pyrrole nitrogens is 1. The number of nitrogens with one attached hydrogen (secondary N) is 3. The average molecular weight is 332 g/mol. The van der Waals surface area contributed by atoms with Gasteiger partial charge in [0.15, 0.2) is 0 Å². The van der Waals surface area contributed by atoms with E-state index in [0.717, 1.165) is 55.5 Å². The first kappa shape index (κ1) is 17.1. The molecule has 0 unspecified atom stereocenters. The third kappa shape index (κ3) is 4.44. The molecule has 0 bridgehead atoms. The summed E-state index contributed by atoms with van der Waals surface area (Å²) in [5.41, 5.74) is 2.49. The zero-order valence-electron chi connectivity index (χ0n) is 14.3. The normalized spacial score (nSPS) is 17.7. The van der Waals surface area contributed by atoms with Gasteiger partial charge < -0.3 is 10.6 Å². The molecule has 3 rings (SSSR count). The molecule has 3 N–H and O–H groups in total. The van der Waals surface area contributed by atoms with E-state index in [4.69, 9.17) is 0 Å². The van der Waals surface area contributed by atoms with Crippen molar-refractivity contribution in [2.24, 2.45) is 0 Å². The number of amides is 1. The Bertz CT molecular complexity index is 620. The highest BCUT2D eigenvalue weighted by molar-refractivity contribution is 5.78. The Labute approximate surface area is 142 Å². The van der Waals surface area contributed by atoms with E-state index in [-0.39, 0.29) is 17.9 Å². The van der Waals surface area contributed by atoms with Gasteiger partial charge in [0.25, 0.3) is 5.56 Å². The molecule has 0 aromatic carbocycles. The summed E-state index contributed by atoms with van der Waals surface area (Å²) in [6, 6.07) is 0.678. The molecule has 1 aromatic heterocycles. The summed E-state index contributed by atoms with van der Waals surface area (Å²) in [5, 5.41) is 13.2. The van der Waals surface area contributed by atoms with Crippen molar-refractivity contribution in [3.8, 4) is 0 Å². The molecule has 1 aromatic rings. The van der Waals surface area contributed by atoms with Crippen LogP contribution in [-0.4, -0.2) is 35.2 Å². The van der Waals surface area contributed by atoms with Crippen molar-refractivity contribution in [3.63, 3.8) is 0 Å². The average Bonchev–Trinajstić information content (AvgIpc) is 3.11. The van der Waals surface area contributed by atoms with Crippen LogP contribution in [0, 0.1) is 0 Å². The van der Waals surface area contributed by atoms with E-state index in [1.165, 1.54) is 25.7 Å². The number of nitrogens with zero attached hydrogens (tertiary/aromatic N) is 1. The largest absolute Gasteiger partial charge is 0.356 e. The van der Waals surface area contributed by atoms with Gasteiger partial charge in [-0.1, -0.05) is 12.8 Å². The van der Waals surface area contributed by atoms with Crippen LogP contribution in [0.15, 0.2) is 4.79 Å². The highest BCUT2D eigenvalue weighted by atomic mass is 16.1. The molecule has 24 heavy (non-hydrogen) atoms. The molecule has 2 aliphatic rings. The van der Waals surface area contributed by atoms with E-state index < -0.39 is 0 Å². The lowest BCUT2D eigenvalue weighted by molar-refractivity contribution is -0.120. The zero-order valence-corrected chi connectivity index (χ0v) is 14.3. The fourth-order valence-electron chi connectivity index (χ4n) is 3.84. The number of rotatable bonds is 7. The summed E-state index contributed by atoms with van der Waals surface area (Å²) < 4.78 is 0. The fourth-order valence-corrected chi connectivity index (χ4v) is 3.84. The van der Waals surface area contributed by atoms with Gasteiger partial charge in [0.2, 0.25) is 5.91 Å². The molecule has 6 nitrogen and oxygen atoms in total. The number of fused-ring (bicyclic) bond motifs is 1. The van der Waals surface area contributed by atoms with Crippen molar-refractivity contribution >= 4 is 5.91 Å². The van der Waals surface area contributed by atoms with Gasteiger partial charge in [0.05, 0.1) is 12.1 Å². The van der Waals surface area contributed by atoms with Gasteiger partial charge in [0, 0.05) is 18.2 Å². The predicted molar refractivity (Wildman–Crippen MR) is 93.1 cm³/mol. The Morgan fingerprint density at radius 2 is 1.83 bits per heavy atom. The Kier molecular flexibility index (Phi) is 6.01. The van der Waals surface area contributed by atoms with Crippen molar-refractivity contribution < 1.29 is 4.79 Å². The second-order valence-electron chi connectivity index (χ2n) is 6.98. The van der Waals surface area contributed by atoms with E-state index >= 15 is 0 Å². The first-order valence-electron chi connectivity index (χ1n) is 9.33. The Morgan fingerprint density at radius 3 is 2.62 bits per heavy atom. The monoisotopic (exact) mass is 332 g/mol. The standard InChI is InChI=1S/C18H28N4O2/c23-17(20-11-5-10-19-13-6-1-2-7-13)12-16-14-8-3-4-9-15(14)18(24)22-21-16/h13,19H,1-12H2,(H,20,23)(H,22,24). The zero-order chi connectivity index (χ0) is 16.8. The molecule has 0 atom stereocenters.